The molecule has 0 saturated carbocycles. The predicted octanol–water partition coefficient (Wildman–Crippen LogP) is 4.07. The molecular weight excluding hydrogens is 346 g/mol. The van der Waals surface area contributed by atoms with Crippen molar-refractivity contribution in [2.45, 2.75) is 24.2 Å². The number of alkyl halides is 6. The molecule has 1 atom stereocenters. The van der Waals surface area contributed by atoms with Crippen molar-refractivity contribution < 1.29 is 30.6 Å². The Morgan fingerprint density at radius 2 is 1.83 bits per heavy atom. The summed E-state index contributed by atoms with van der Waals surface area (Å²) in [5.41, 5.74) is -1.15. The van der Waals surface area contributed by atoms with E-state index in [1.165, 1.54) is 19.1 Å². The molecule has 1 heterocycles. The van der Waals surface area contributed by atoms with Crippen molar-refractivity contribution >= 4 is 10.8 Å². The molecule has 0 fully saturated rings. The van der Waals surface area contributed by atoms with E-state index in [4.69, 9.17) is 0 Å². The van der Waals surface area contributed by atoms with Gasteiger partial charge in [-0.15, -0.1) is 0 Å². The third-order valence-electron chi connectivity index (χ3n) is 2.96. The quantitative estimate of drug-likeness (QED) is 0.843. The standard InChI is InChI=1S/C13H10F6N2OS/c1-7-2-3-8(4-10(7)23(22)6-12(14,15)16)9-5-20-21-11(9)13(17,18)19/h2-5H,6H2,1H3,(H,20,21). The number of hydrogen-bond donors (Lipinski definition) is 1. The van der Waals surface area contributed by atoms with Crippen molar-refractivity contribution in [1.82, 2.24) is 10.2 Å². The first-order chi connectivity index (χ1) is 10.5. The summed E-state index contributed by atoms with van der Waals surface area (Å²) in [7, 11) is -2.40. The fourth-order valence-electron chi connectivity index (χ4n) is 1.96. The summed E-state index contributed by atoms with van der Waals surface area (Å²) in [6.45, 7) is 1.44. The SMILES string of the molecule is Cc1ccc(-c2cn[nH]c2C(F)(F)F)cc1S(=O)CC(F)(F)F. The molecule has 2 aromatic rings. The average molecular weight is 356 g/mol. The number of hydrogen-bond acceptors (Lipinski definition) is 2. The molecule has 0 aliphatic heterocycles. The lowest BCUT2D eigenvalue weighted by Crippen LogP contribution is -2.19. The van der Waals surface area contributed by atoms with Crippen LogP contribution in [0.25, 0.3) is 11.1 Å². The molecule has 1 aromatic heterocycles. The van der Waals surface area contributed by atoms with Crippen LogP contribution in [0.2, 0.25) is 0 Å². The number of aryl methyl sites for hydroxylation is 1. The Bertz CT molecular complexity index is 735. The first-order valence-corrected chi connectivity index (χ1v) is 7.47. The van der Waals surface area contributed by atoms with Gasteiger partial charge in [0, 0.05) is 10.5 Å². The van der Waals surface area contributed by atoms with Crippen LogP contribution in [0.3, 0.4) is 0 Å². The predicted molar refractivity (Wildman–Crippen MR) is 71.1 cm³/mol. The molecule has 23 heavy (non-hydrogen) atoms. The van der Waals surface area contributed by atoms with Crippen LogP contribution in [0.15, 0.2) is 29.3 Å². The first-order valence-electron chi connectivity index (χ1n) is 6.16. The Kier molecular flexibility index (Phi) is 4.56. The highest BCUT2D eigenvalue weighted by Gasteiger charge is 2.36. The fraction of sp³-hybridized carbons (Fsp3) is 0.308. The molecule has 10 heteroatoms. The Balaban J connectivity index is 2.46. The highest BCUT2D eigenvalue weighted by atomic mass is 32.2. The summed E-state index contributed by atoms with van der Waals surface area (Å²) in [5, 5.41) is 5.14. The van der Waals surface area contributed by atoms with Gasteiger partial charge in [-0.2, -0.15) is 31.4 Å². The molecule has 1 aromatic carbocycles. The van der Waals surface area contributed by atoms with Gasteiger partial charge in [-0.1, -0.05) is 12.1 Å². The van der Waals surface area contributed by atoms with E-state index in [9.17, 15) is 30.6 Å². The van der Waals surface area contributed by atoms with E-state index in [1.807, 2.05) is 5.10 Å². The van der Waals surface area contributed by atoms with Crippen molar-refractivity contribution in [3.63, 3.8) is 0 Å². The van der Waals surface area contributed by atoms with E-state index in [0.29, 0.717) is 5.56 Å². The molecule has 0 saturated heterocycles. The van der Waals surface area contributed by atoms with Crippen molar-refractivity contribution in [1.29, 1.82) is 0 Å². The summed E-state index contributed by atoms with van der Waals surface area (Å²) in [4.78, 5) is -0.158. The Hall–Kier alpha value is -1.84. The lowest BCUT2D eigenvalue weighted by atomic mass is 10.0. The molecular formula is C13H10F6N2OS. The van der Waals surface area contributed by atoms with Crippen molar-refractivity contribution in [3.05, 3.63) is 35.7 Å². The lowest BCUT2D eigenvalue weighted by molar-refractivity contribution is -0.140. The lowest BCUT2D eigenvalue weighted by Gasteiger charge is -2.11. The minimum atomic E-state index is -4.69. The van der Waals surface area contributed by atoms with Crippen LogP contribution < -0.4 is 0 Å². The van der Waals surface area contributed by atoms with Crippen LogP contribution >= 0.6 is 0 Å². The van der Waals surface area contributed by atoms with Gasteiger partial charge in [-0.05, 0) is 24.1 Å². The van der Waals surface area contributed by atoms with Crippen molar-refractivity contribution in [3.8, 4) is 11.1 Å². The smallest absolute Gasteiger partial charge is 0.273 e. The summed E-state index contributed by atoms with van der Waals surface area (Å²) < 4.78 is 87.5. The largest absolute Gasteiger partial charge is 0.433 e. The molecule has 0 aliphatic carbocycles. The van der Waals surface area contributed by atoms with Crippen molar-refractivity contribution in [2.24, 2.45) is 0 Å². The fourth-order valence-corrected chi connectivity index (χ4v) is 3.10. The van der Waals surface area contributed by atoms with Crippen LogP contribution in [0, 0.1) is 6.92 Å². The van der Waals surface area contributed by atoms with Crippen molar-refractivity contribution in [2.75, 3.05) is 5.75 Å². The highest BCUT2D eigenvalue weighted by molar-refractivity contribution is 7.85. The van der Waals surface area contributed by atoms with E-state index in [0.717, 1.165) is 12.3 Å². The molecule has 126 valence electrons. The Morgan fingerprint density at radius 1 is 1.17 bits per heavy atom. The van der Waals surface area contributed by atoms with E-state index in [-0.39, 0.29) is 16.0 Å². The molecule has 2 rings (SSSR count). The van der Waals surface area contributed by atoms with E-state index in [2.05, 4.69) is 5.10 Å². The number of H-pyrrole nitrogens is 1. The molecule has 0 amide bonds. The number of aromatic amines is 1. The van der Waals surface area contributed by atoms with Gasteiger partial charge in [0.25, 0.3) is 0 Å². The second kappa shape index (κ2) is 5.99. The summed E-state index contributed by atoms with van der Waals surface area (Å²) >= 11 is 0. The molecule has 0 bridgehead atoms. The summed E-state index contributed by atoms with van der Waals surface area (Å²) in [6.07, 6.45) is -8.41. The molecule has 0 radical (unpaired) electrons. The van der Waals surface area contributed by atoms with Gasteiger partial charge < -0.3 is 0 Å². The van der Waals surface area contributed by atoms with E-state index >= 15 is 0 Å². The zero-order valence-corrected chi connectivity index (χ0v) is 12.4. The van der Waals surface area contributed by atoms with Crippen LogP contribution in [0.5, 0.6) is 0 Å². The zero-order chi connectivity index (χ0) is 17.4. The number of halogens is 6. The minimum absolute atomic E-state index is 0.0119. The number of rotatable bonds is 3. The topological polar surface area (TPSA) is 45.8 Å². The van der Waals surface area contributed by atoms with Gasteiger partial charge in [0.15, 0.2) is 0 Å². The monoisotopic (exact) mass is 356 g/mol. The molecule has 3 nitrogen and oxygen atoms in total. The van der Waals surface area contributed by atoms with E-state index in [1.54, 1.807) is 0 Å². The van der Waals surface area contributed by atoms with Crippen LogP contribution in [-0.4, -0.2) is 26.3 Å². The zero-order valence-electron chi connectivity index (χ0n) is 11.5. The summed E-state index contributed by atoms with van der Waals surface area (Å²) in [6, 6.07) is 3.70. The van der Waals surface area contributed by atoms with Gasteiger partial charge in [-0.3, -0.25) is 9.31 Å². The minimum Gasteiger partial charge on any atom is -0.273 e. The van der Waals surface area contributed by atoms with Gasteiger partial charge in [0.1, 0.15) is 11.4 Å². The Morgan fingerprint density at radius 3 is 2.39 bits per heavy atom. The second-order valence-corrected chi connectivity index (χ2v) is 6.16. The van der Waals surface area contributed by atoms with Gasteiger partial charge in [0.05, 0.1) is 17.0 Å². The summed E-state index contributed by atoms with van der Waals surface area (Å²) in [5.74, 6) is -1.56. The van der Waals surface area contributed by atoms with Gasteiger partial charge in [-0.25, -0.2) is 0 Å². The molecule has 0 aliphatic rings. The Labute approximate surface area is 129 Å². The van der Waals surface area contributed by atoms with Crippen LogP contribution in [0.4, 0.5) is 26.3 Å². The normalized spacial score (nSPS) is 14.0. The first kappa shape index (κ1) is 17.5. The van der Waals surface area contributed by atoms with Gasteiger partial charge >= 0.3 is 12.4 Å². The molecule has 0 spiro atoms. The van der Waals surface area contributed by atoms with Crippen LogP contribution in [0.1, 0.15) is 11.3 Å². The average Bonchev–Trinajstić information content (AvgIpc) is 2.86. The molecule has 1 unspecified atom stereocenters. The van der Waals surface area contributed by atoms with E-state index < -0.39 is 34.6 Å². The maximum absolute atomic E-state index is 12.8. The molecule has 1 N–H and O–H groups in total. The number of nitrogens with zero attached hydrogens (tertiary/aromatic N) is 1. The van der Waals surface area contributed by atoms with Gasteiger partial charge in [0.2, 0.25) is 0 Å². The second-order valence-electron chi connectivity index (χ2n) is 4.74. The maximum Gasteiger partial charge on any atom is 0.433 e. The third-order valence-corrected chi connectivity index (χ3v) is 4.48. The highest BCUT2D eigenvalue weighted by Crippen LogP contribution is 2.36. The maximum atomic E-state index is 12.8. The van der Waals surface area contributed by atoms with Crippen LogP contribution in [-0.2, 0) is 17.0 Å². The third kappa shape index (κ3) is 4.12. The number of benzene rings is 1. The number of nitrogens with one attached hydrogen (secondary N) is 1. The number of aromatic nitrogens is 2.